The van der Waals surface area contributed by atoms with Crippen LogP contribution >= 0.6 is 11.3 Å². The summed E-state index contributed by atoms with van der Waals surface area (Å²) in [5.41, 5.74) is 0.384. The number of benzene rings is 1. The fourth-order valence-electron chi connectivity index (χ4n) is 2.03. The van der Waals surface area contributed by atoms with Crippen molar-refractivity contribution >= 4 is 23.2 Å². The summed E-state index contributed by atoms with van der Waals surface area (Å²) in [5, 5.41) is 8.20. The first kappa shape index (κ1) is 17.6. The van der Waals surface area contributed by atoms with E-state index in [0.29, 0.717) is 17.1 Å². The number of methoxy groups -OCH3 is 1. The Bertz CT molecular complexity index is 891. The van der Waals surface area contributed by atoms with Gasteiger partial charge in [-0.1, -0.05) is 17.3 Å². The highest BCUT2D eigenvalue weighted by molar-refractivity contribution is 7.13. The van der Waals surface area contributed by atoms with Crippen LogP contribution in [0.4, 0.5) is 0 Å². The minimum atomic E-state index is -0.614. The molecule has 0 spiro atoms. The van der Waals surface area contributed by atoms with E-state index in [1.807, 2.05) is 17.5 Å². The van der Waals surface area contributed by atoms with Crippen molar-refractivity contribution in [2.24, 2.45) is 0 Å². The van der Waals surface area contributed by atoms with Crippen molar-refractivity contribution in [2.75, 3.05) is 13.7 Å². The fraction of sp³-hybridized carbons (Fsp3) is 0.176. The van der Waals surface area contributed by atoms with Crippen molar-refractivity contribution in [1.29, 1.82) is 0 Å². The Hall–Kier alpha value is -3.20. The van der Waals surface area contributed by atoms with E-state index in [2.05, 4.69) is 15.5 Å². The van der Waals surface area contributed by atoms with E-state index in [1.54, 1.807) is 24.3 Å². The van der Waals surface area contributed by atoms with E-state index < -0.39 is 11.9 Å². The van der Waals surface area contributed by atoms with Crippen molar-refractivity contribution in [3.63, 3.8) is 0 Å². The topological polar surface area (TPSA) is 104 Å². The summed E-state index contributed by atoms with van der Waals surface area (Å²) in [6, 6.07) is 10.3. The van der Waals surface area contributed by atoms with Gasteiger partial charge in [0.1, 0.15) is 12.3 Å². The lowest BCUT2D eigenvalue weighted by Gasteiger charge is -2.06. The van der Waals surface area contributed by atoms with Crippen LogP contribution in [0.2, 0.25) is 0 Å². The summed E-state index contributed by atoms with van der Waals surface area (Å²) in [7, 11) is 1.51. The van der Waals surface area contributed by atoms with Gasteiger partial charge >= 0.3 is 5.97 Å². The van der Waals surface area contributed by atoms with Crippen LogP contribution in [0.3, 0.4) is 0 Å². The normalized spacial score (nSPS) is 10.3. The standard InChI is InChI=1S/C17H15N3O5S/c1-23-12-5-2-4-11(8-12)17(22)18-9-15(21)24-10-14-19-16(20-25-14)13-6-3-7-26-13/h2-8H,9-10H2,1H3,(H,18,22). The second-order valence-corrected chi connectivity index (χ2v) is 6.01. The van der Waals surface area contributed by atoms with Crippen molar-refractivity contribution in [3.05, 3.63) is 53.2 Å². The first-order valence-corrected chi connectivity index (χ1v) is 8.48. The number of aromatic nitrogens is 2. The van der Waals surface area contributed by atoms with Gasteiger partial charge in [-0.3, -0.25) is 9.59 Å². The largest absolute Gasteiger partial charge is 0.497 e. The lowest BCUT2D eigenvalue weighted by molar-refractivity contribution is -0.144. The third-order valence-electron chi connectivity index (χ3n) is 3.29. The molecule has 1 aromatic carbocycles. The molecule has 3 rings (SSSR count). The second-order valence-electron chi connectivity index (χ2n) is 5.06. The summed E-state index contributed by atoms with van der Waals surface area (Å²) >= 11 is 1.48. The molecule has 0 fully saturated rings. The third-order valence-corrected chi connectivity index (χ3v) is 4.16. The molecule has 0 bridgehead atoms. The molecular weight excluding hydrogens is 358 g/mol. The first-order valence-electron chi connectivity index (χ1n) is 7.60. The lowest BCUT2D eigenvalue weighted by atomic mass is 10.2. The Morgan fingerprint density at radius 3 is 2.92 bits per heavy atom. The summed E-state index contributed by atoms with van der Waals surface area (Å²) in [4.78, 5) is 28.8. The molecule has 0 aliphatic heterocycles. The Morgan fingerprint density at radius 2 is 2.15 bits per heavy atom. The number of nitrogens with zero attached hydrogens (tertiary/aromatic N) is 2. The van der Waals surface area contributed by atoms with Gasteiger partial charge in [-0.2, -0.15) is 4.98 Å². The lowest BCUT2D eigenvalue weighted by Crippen LogP contribution is -2.30. The van der Waals surface area contributed by atoms with Crippen LogP contribution in [0.5, 0.6) is 5.75 Å². The Kier molecular flexibility index (Phi) is 5.59. The van der Waals surface area contributed by atoms with Gasteiger partial charge in [-0.05, 0) is 29.6 Å². The summed E-state index contributed by atoms with van der Waals surface area (Å²) < 4.78 is 15.1. The van der Waals surface area contributed by atoms with Gasteiger partial charge in [0, 0.05) is 5.56 Å². The summed E-state index contributed by atoms with van der Waals surface area (Å²) in [6.45, 7) is -0.436. The Balaban J connectivity index is 1.46. The zero-order chi connectivity index (χ0) is 18.4. The number of nitrogens with one attached hydrogen (secondary N) is 1. The summed E-state index contributed by atoms with van der Waals surface area (Å²) in [5.74, 6) is 0.159. The Labute approximate surface area is 152 Å². The molecular formula is C17H15N3O5S. The highest BCUT2D eigenvalue weighted by Gasteiger charge is 2.13. The van der Waals surface area contributed by atoms with E-state index in [9.17, 15) is 9.59 Å². The van der Waals surface area contributed by atoms with E-state index in [4.69, 9.17) is 14.0 Å². The van der Waals surface area contributed by atoms with Crippen molar-refractivity contribution < 1.29 is 23.6 Å². The highest BCUT2D eigenvalue weighted by atomic mass is 32.1. The van der Waals surface area contributed by atoms with E-state index >= 15 is 0 Å². The zero-order valence-corrected chi connectivity index (χ0v) is 14.6. The van der Waals surface area contributed by atoms with Crippen LogP contribution in [0, 0.1) is 0 Å². The molecule has 134 valence electrons. The third kappa shape index (κ3) is 4.45. The number of ether oxygens (including phenoxy) is 2. The molecule has 8 nitrogen and oxygen atoms in total. The molecule has 9 heteroatoms. The number of rotatable bonds is 7. The monoisotopic (exact) mass is 373 g/mol. The van der Waals surface area contributed by atoms with Gasteiger partial charge in [-0.15, -0.1) is 11.3 Å². The number of thiophene rings is 1. The fourth-order valence-corrected chi connectivity index (χ4v) is 2.68. The van der Waals surface area contributed by atoms with Gasteiger partial charge in [0.15, 0.2) is 6.61 Å². The Morgan fingerprint density at radius 1 is 1.27 bits per heavy atom. The number of amides is 1. The molecule has 0 aliphatic carbocycles. The van der Waals surface area contributed by atoms with Gasteiger partial charge in [0.2, 0.25) is 5.82 Å². The average molecular weight is 373 g/mol. The zero-order valence-electron chi connectivity index (χ0n) is 13.8. The van der Waals surface area contributed by atoms with E-state index in [1.165, 1.54) is 18.4 Å². The molecule has 26 heavy (non-hydrogen) atoms. The van der Waals surface area contributed by atoms with E-state index in [0.717, 1.165) is 4.88 Å². The number of carbonyl (C=O) groups excluding carboxylic acids is 2. The predicted octanol–water partition coefficient (Wildman–Crippen LogP) is 2.28. The maximum absolute atomic E-state index is 12.0. The van der Waals surface area contributed by atoms with Crippen LogP contribution < -0.4 is 10.1 Å². The van der Waals surface area contributed by atoms with E-state index in [-0.39, 0.29) is 19.0 Å². The van der Waals surface area contributed by atoms with Crippen molar-refractivity contribution in [3.8, 4) is 16.5 Å². The number of hydrogen-bond donors (Lipinski definition) is 1. The first-order chi connectivity index (χ1) is 12.7. The molecule has 0 aliphatic rings. The molecule has 0 unspecified atom stereocenters. The minimum absolute atomic E-state index is 0.160. The SMILES string of the molecule is COc1cccc(C(=O)NCC(=O)OCc2nc(-c3cccs3)no2)c1. The predicted molar refractivity (Wildman–Crippen MR) is 92.7 cm³/mol. The minimum Gasteiger partial charge on any atom is -0.497 e. The van der Waals surface area contributed by atoms with Crippen molar-refractivity contribution in [1.82, 2.24) is 15.5 Å². The smallest absolute Gasteiger partial charge is 0.325 e. The number of esters is 1. The van der Waals surface area contributed by atoms with Gasteiger partial charge in [0.05, 0.1) is 12.0 Å². The maximum atomic E-state index is 12.0. The van der Waals surface area contributed by atoms with Gasteiger partial charge < -0.3 is 19.3 Å². The molecule has 0 saturated carbocycles. The van der Waals surface area contributed by atoms with Crippen LogP contribution in [-0.4, -0.2) is 35.7 Å². The average Bonchev–Trinajstić information content (AvgIpc) is 3.35. The van der Waals surface area contributed by atoms with Crippen LogP contribution in [-0.2, 0) is 16.1 Å². The van der Waals surface area contributed by atoms with Crippen molar-refractivity contribution in [2.45, 2.75) is 6.61 Å². The summed E-state index contributed by atoms with van der Waals surface area (Å²) in [6.07, 6.45) is 0. The number of carbonyl (C=O) groups is 2. The van der Waals surface area contributed by atoms with Crippen LogP contribution in [0.25, 0.3) is 10.7 Å². The molecule has 3 aromatic rings. The molecule has 0 radical (unpaired) electrons. The van der Waals surface area contributed by atoms with Gasteiger partial charge in [0.25, 0.3) is 11.8 Å². The molecule has 1 N–H and O–H groups in total. The molecule has 2 heterocycles. The van der Waals surface area contributed by atoms with Crippen LogP contribution in [0.15, 0.2) is 46.3 Å². The maximum Gasteiger partial charge on any atom is 0.325 e. The number of hydrogen-bond acceptors (Lipinski definition) is 8. The quantitative estimate of drug-likeness (QED) is 0.634. The van der Waals surface area contributed by atoms with Crippen LogP contribution in [0.1, 0.15) is 16.2 Å². The molecule has 1 amide bonds. The van der Waals surface area contributed by atoms with Gasteiger partial charge in [-0.25, -0.2) is 0 Å². The molecule has 0 atom stereocenters. The second kappa shape index (κ2) is 8.26. The highest BCUT2D eigenvalue weighted by Crippen LogP contribution is 2.21. The molecule has 2 aromatic heterocycles. The molecule has 0 saturated heterocycles.